The van der Waals surface area contributed by atoms with Crippen LogP contribution in [0, 0.1) is 0 Å². The lowest BCUT2D eigenvalue weighted by Crippen LogP contribution is -2.42. The van der Waals surface area contributed by atoms with Gasteiger partial charge >= 0.3 is 0 Å². The van der Waals surface area contributed by atoms with E-state index in [2.05, 4.69) is 48.7 Å². The SMILES string of the molecule is CC(C)NC(=O)CCNC(C)(C)CCc1ccccc1. The van der Waals surface area contributed by atoms with Gasteiger partial charge in [0.25, 0.3) is 0 Å². The van der Waals surface area contributed by atoms with Crippen molar-refractivity contribution in [1.29, 1.82) is 0 Å². The van der Waals surface area contributed by atoms with E-state index in [1.54, 1.807) is 0 Å². The van der Waals surface area contributed by atoms with Crippen molar-refractivity contribution in [2.45, 2.75) is 58.5 Å². The highest BCUT2D eigenvalue weighted by Crippen LogP contribution is 2.13. The Labute approximate surface area is 123 Å². The molecule has 1 aromatic rings. The fourth-order valence-corrected chi connectivity index (χ4v) is 2.10. The Morgan fingerprint density at radius 3 is 2.45 bits per heavy atom. The van der Waals surface area contributed by atoms with Gasteiger partial charge in [-0.3, -0.25) is 4.79 Å². The molecular weight excluding hydrogens is 248 g/mol. The van der Waals surface area contributed by atoms with E-state index >= 15 is 0 Å². The summed E-state index contributed by atoms with van der Waals surface area (Å²) in [4.78, 5) is 11.6. The molecule has 3 nitrogen and oxygen atoms in total. The minimum absolute atomic E-state index is 0.0496. The van der Waals surface area contributed by atoms with Crippen LogP contribution in [0.5, 0.6) is 0 Å². The zero-order valence-corrected chi connectivity index (χ0v) is 13.2. The highest BCUT2D eigenvalue weighted by molar-refractivity contribution is 5.76. The van der Waals surface area contributed by atoms with Crippen molar-refractivity contribution in [3.8, 4) is 0 Å². The smallest absolute Gasteiger partial charge is 0.221 e. The van der Waals surface area contributed by atoms with Gasteiger partial charge in [0, 0.05) is 24.5 Å². The average Bonchev–Trinajstić information content (AvgIpc) is 2.36. The second-order valence-corrected chi connectivity index (χ2v) is 6.27. The Kier molecular flexibility index (Phi) is 6.73. The fraction of sp³-hybridized carbons (Fsp3) is 0.588. The topological polar surface area (TPSA) is 41.1 Å². The lowest BCUT2D eigenvalue weighted by molar-refractivity contribution is -0.121. The number of amides is 1. The van der Waals surface area contributed by atoms with Crippen molar-refractivity contribution in [2.24, 2.45) is 0 Å². The van der Waals surface area contributed by atoms with E-state index in [1.165, 1.54) is 5.56 Å². The Bertz CT molecular complexity index is 399. The largest absolute Gasteiger partial charge is 0.354 e. The molecule has 0 radical (unpaired) electrons. The first-order valence-corrected chi connectivity index (χ1v) is 7.47. The third-order valence-corrected chi connectivity index (χ3v) is 3.29. The zero-order chi connectivity index (χ0) is 15.0. The van der Waals surface area contributed by atoms with Gasteiger partial charge in [0.1, 0.15) is 0 Å². The molecule has 20 heavy (non-hydrogen) atoms. The first-order valence-electron chi connectivity index (χ1n) is 7.47. The van der Waals surface area contributed by atoms with Gasteiger partial charge in [-0.2, -0.15) is 0 Å². The summed E-state index contributed by atoms with van der Waals surface area (Å²) >= 11 is 0. The van der Waals surface area contributed by atoms with Crippen LogP contribution < -0.4 is 10.6 Å². The molecule has 0 aliphatic rings. The second kappa shape index (κ2) is 8.05. The first kappa shape index (κ1) is 16.7. The van der Waals surface area contributed by atoms with Crippen LogP contribution in [0.4, 0.5) is 0 Å². The number of aryl methyl sites for hydroxylation is 1. The molecule has 0 aliphatic carbocycles. The molecule has 1 amide bonds. The Hall–Kier alpha value is -1.35. The summed E-state index contributed by atoms with van der Waals surface area (Å²) in [5.41, 5.74) is 1.41. The normalized spacial score (nSPS) is 11.7. The third-order valence-electron chi connectivity index (χ3n) is 3.29. The second-order valence-electron chi connectivity index (χ2n) is 6.27. The van der Waals surface area contributed by atoms with Gasteiger partial charge in [0.2, 0.25) is 5.91 Å². The number of nitrogens with one attached hydrogen (secondary N) is 2. The maximum absolute atomic E-state index is 11.6. The Morgan fingerprint density at radius 2 is 1.85 bits per heavy atom. The van der Waals surface area contributed by atoms with Gasteiger partial charge in [-0.05, 0) is 46.1 Å². The van der Waals surface area contributed by atoms with E-state index in [4.69, 9.17) is 0 Å². The molecule has 0 unspecified atom stereocenters. The number of carbonyl (C=O) groups excluding carboxylic acids is 1. The molecule has 112 valence electrons. The van der Waals surface area contributed by atoms with Crippen molar-refractivity contribution in [2.75, 3.05) is 6.54 Å². The van der Waals surface area contributed by atoms with Crippen molar-refractivity contribution >= 4 is 5.91 Å². The van der Waals surface area contributed by atoms with Crippen LogP contribution >= 0.6 is 0 Å². The van der Waals surface area contributed by atoms with Crippen LogP contribution in [0.15, 0.2) is 30.3 Å². The summed E-state index contributed by atoms with van der Waals surface area (Å²) < 4.78 is 0. The minimum atomic E-state index is 0.0496. The lowest BCUT2D eigenvalue weighted by atomic mass is 9.95. The van der Waals surface area contributed by atoms with Crippen LogP contribution in [-0.2, 0) is 11.2 Å². The molecule has 3 heteroatoms. The monoisotopic (exact) mass is 276 g/mol. The zero-order valence-electron chi connectivity index (χ0n) is 13.2. The average molecular weight is 276 g/mol. The standard InChI is InChI=1S/C17H28N2O/c1-14(2)19-16(20)11-13-18-17(3,4)12-10-15-8-6-5-7-9-15/h5-9,14,18H,10-13H2,1-4H3,(H,19,20). The van der Waals surface area contributed by atoms with Crippen molar-refractivity contribution in [1.82, 2.24) is 10.6 Å². The van der Waals surface area contributed by atoms with Crippen LogP contribution in [0.2, 0.25) is 0 Å². The molecule has 0 fully saturated rings. The summed E-state index contributed by atoms with van der Waals surface area (Å²) in [5.74, 6) is 0.117. The van der Waals surface area contributed by atoms with Crippen LogP contribution in [-0.4, -0.2) is 24.0 Å². The predicted octanol–water partition coefficient (Wildman–Crippen LogP) is 2.90. The quantitative estimate of drug-likeness (QED) is 0.766. The molecule has 0 heterocycles. The molecule has 1 rings (SSSR count). The van der Waals surface area contributed by atoms with E-state index < -0.39 is 0 Å². The van der Waals surface area contributed by atoms with Crippen LogP contribution in [0.3, 0.4) is 0 Å². The van der Waals surface area contributed by atoms with Gasteiger partial charge in [-0.1, -0.05) is 30.3 Å². The highest BCUT2D eigenvalue weighted by Gasteiger charge is 2.17. The molecule has 0 aliphatic heterocycles. The summed E-state index contributed by atoms with van der Waals surface area (Å²) in [6, 6.07) is 10.7. The van der Waals surface area contributed by atoms with Gasteiger partial charge in [-0.25, -0.2) is 0 Å². The van der Waals surface area contributed by atoms with Crippen molar-refractivity contribution in [3.05, 3.63) is 35.9 Å². The van der Waals surface area contributed by atoms with E-state index in [9.17, 15) is 4.79 Å². The summed E-state index contributed by atoms with van der Waals surface area (Å²) in [6.07, 6.45) is 2.65. The summed E-state index contributed by atoms with van der Waals surface area (Å²) in [6.45, 7) is 9.07. The number of hydrogen-bond acceptors (Lipinski definition) is 2. The molecule has 2 N–H and O–H groups in total. The van der Waals surface area contributed by atoms with E-state index in [-0.39, 0.29) is 17.5 Å². The number of rotatable bonds is 8. The van der Waals surface area contributed by atoms with Crippen molar-refractivity contribution in [3.63, 3.8) is 0 Å². The maximum atomic E-state index is 11.6. The Morgan fingerprint density at radius 1 is 1.20 bits per heavy atom. The molecule has 0 saturated carbocycles. The summed E-state index contributed by atoms with van der Waals surface area (Å²) in [7, 11) is 0. The number of hydrogen-bond donors (Lipinski definition) is 2. The third kappa shape index (κ3) is 7.29. The molecule has 0 bridgehead atoms. The predicted molar refractivity (Wildman–Crippen MR) is 84.7 cm³/mol. The molecule has 0 aromatic heterocycles. The molecule has 0 saturated heterocycles. The van der Waals surface area contributed by atoms with Crippen LogP contribution in [0.1, 0.15) is 46.1 Å². The van der Waals surface area contributed by atoms with Gasteiger partial charge in [0.05, 0.1) is 0 Å². The molecule has 0 spiro atoms. The van der Waals surface area contributed by atoms with Gasteiger partial charge in [-0.15, -0.1) is 0 Å². The molecule has 1 aromatic carbocycles. The molecular formula is C17H28N2O. The Balaban J connectivity index is 2.26. The molecule has 0 atom stereocenters. The number of carbonyl (C=O) groups is 1. The fourth-order valence-electron chi connectivity index (χ4n) is 2.10. The first-order chi connectivity index (χ1) is 9.39. The van der Waals surface area contributed by atoms with Crippen LogP contribution in [0.25, 0.3) is 0 Å². The van der Waals surface area contributed by atoms with Gasteiger partial charge < -0.3 is 10.6 Å². The number of benzene rings is 1. The van der Waals surface area contributed by atoms with E-state index in [1.807, 2.05) is 19.9 Å². The van der Waals surface area contributed by atoms with Crippen molar-refractivity contribution < 1.29 is 4.79 Å². The minimum Gasteiger partial charge on any atom is -0.354 e. The lowest BCUT2D eigenvalue weighted by Gasteiger charge is -2.26. The van der Waals surface area contributed by atoms with E-state index in [0.29, 0.717) is 6.42 Å². The summed E-state index contributed by atoms with van der Waals surface area (Å²) in [5, 5.41) is 6.38. The maximum Gasteiger partial charge on any atom is 0.221 e. The van der Waals surface area contributed by atoms with Gasteiger partial charge in [0.15, 0.2) is 0 Å². The highest BCUT2D eigenvalue weighted by atomic mass is 16.1. The van der Waals surface area contributed by atoms with E-state index in [0.717, 1.165) is 19.4 Å².